The molecule has 0 aliphatic rings. The fourth-order valence-corrected chi connectivity index (χ4v) is 2.01. The average molecular weight is 286 g/mol. The van der Waals surface area contributed by atoms with Crippen LogP contribution in [0, 0.1) is 6.92 Å². The second-order valence-corrected chi connectivity index (χ2v) is 5.21. The number of benzene rings is 1. The number of hydrogen-bond donors (Lipinski definition) is 2. The van der Waals surface area contributed by atoms with E-state index in [0.717, 1.165) is 36.6 Å². The van der Waals surface area contributed by atoms with Crippen molar-refractivity contribution >= 4 is 0 Å². The van der Waals surface area contributed by atoms with Gasteiger partial charge in [-0.15, -0.1) is 0 Å². The second kappa shape index (κ2) is 7.76. The van der Waals surface area contributed by atoms with E-state index in [2.05, 4.69) is 16.4 Å². The summed E-state index contributed by atoms with van der Waals surface area (Å²) in [5, 5.41) is 12.5. The molecule has 2 N–H and O–H groups in total. The topological polar surface area (TPSA) is 54.4 Å². The van der Waals surface area contributed by atoms with E-state index in [-0.39, 0.29) is 6.10 Å². The summed E-state index contributed by atoms with van der Waals surface area (Å²) in [5.74, 6) is 1.58. The molecule has 1 heterocycles. The lowest BCUT2D eigenvalue weighted by molar-refractivity contribution is 0.183. The third kappa shape index (κ3) is 5.17. The minimum atomic E-state index is -0.255. The van der Waals surface area contributed by atoms with Crippen molar-refractivity contribution in [3.63, 3.8) is 0 Å². The maximum absolute atomic E-state index is 9.21. The van der Waals surface area contributed by atoms with Crippen molar-refractivity contribution in [2.75, 3.05) is 6.54 Å². The van der Waals surface area contributed by atoms with Gasteiger partial charge in [-0.2, -0.15) is 0 Å². The number of aromatic nitrogens is 1. The molecule has 4 nitrogen and oxygen atoms in total. The number of rotatable bonds is 7. The van der Waals surface area contributed by atoms with Crippen molar-refractivity contribution in [3.05, 3.63) is 53.9 Å². The Morgan fingerprint density at radius 2 is 2.19 bits per heavy atom. The molecule has 21 heavy (non-hydrogen) atoms. The standard InChI is InChI=1S/C17H22N2O2/c1-13-10-15(11-19-9-7-14(2)20)5-6-17(13)21-16-4-3-8-18-12-16/h3-6,8,10,12,14,19-20H,7,9,11H2,1-2H3. The molecule has 0 saturated carbocycles. The average Bonchev–Trinajstić information content (AvgIpc) is 2.47. The first-order chi connectivity index (χ1) is 10.1. The molecule has 1 aromatic carbocycles. The van der Waals surface area contributed by atoms with Gasteiger partial charge in [-0.25, -0.2) is 0 Å². The molecule has 0 radical (unpaired) electrons. The third-order valence-electron chi connectivity index (χ3n) is 3.17. The Labute approximate surface area is 125 Å². The summed E-state index contributed by atoms with van der Waals surface area (Å²) in [6.07, 6.45) is 3.93. The fourth-order valence-electron chi connectivity index (χ4n) is 2.01. The van der Waals surface area contributed by atoms with E-state index in [0.29, 0.717) is 0 Å². The minimum Gasteiger partial charge on any atom is -0.455 e. The normalized spacial score (nSPS) is 12.1. The number of aliphatic hydroxyl groups excluding tert-OH is 1. The Kier molecular flexibility index (Phi) is 5.72. The van der Waals surface area contributed by atoms with Gasteiger partial charge in [0.15, 0.2) is 0 Å². The summed E-state index contributed by atoms with van der Waals surface area (Å²) in [6.45, 7) is 5.44. The number of aryl methyl sites for hydroxylation is 1. The highest BCUT2D eigenvalue weighted by molar-refractivity contribution is 5.39. The maximum Gasteiger partial charge on any atom is 0.145 e. The molecule has 0 aliphatic heterocycles. The number of nitrogens with one attached hydrogen (secondary N) is 1. The molecule has 1 atom stereocenters. The largest absolute Gasteiger partial charge is 0.455 e. The summed E-state index contributed by atoms with van der Waals surface area (Å²) in [6, 6.07) is 9.88. The predicted octanol–water partition coefficient (Wildman–Crippen LogP) is 3.04. The molecule has 0 bridgehead atoms. The Hall–Kier alpha value is -1.91. The van der Waals surface area contributed by atoms with Gasteiger partial charge in [-0.3, -0.25) is 4.98 Å². The molecule has 112 valence electrons. The zero-order valence-electron chi connectivity index (χ0n) is 12.5. The lowest BCUT2D eigenvalue weighted by Gasteiger charge is -2.11. The van der Waals surface area contributed by atoms with Crippen LogP contribution < -0.4 is 10.1 Å². The van der Waals surface area contributed by atoms with Gasteiger partial charge in [-0.05, 0) is 56.1 Å². The number of nitrogens with zero attached hydrogens (tertiary/aromatic N) is 1. The first-order valence-corrected chi connectivity index (χ1v) is 7.21. The van der Waals surface area contributed by atoms with E-state index in [4.69, 9.17) is 4.74 Å². The summed E-state index contributed by atoms with van der Waals surface area (Å²) in [4.78, 5) is 4.04. The summed E-state index contributed by atoms with van der Waals surface area (Å²) < 4.78 is 5.81. The molecular formula is C17H22N2O2. The molecule has 0 spiro atoms. The summed E-state index contributed by atoms with van der Waals surface area (Å²) >= 11 is 0. The molecule has 1 aromatic heterocycles. The van der Waals surface area contributed by atoms with Crippen molar-refractivity contribution in [1.82, 2.24) is 10.3 Å². The van der Waals surface area contributed by atoms with Crippen molar-refractivity contribution in [1.29, 1.82) is 0 Å². The Bertz CT molecular complexity index is 556. The second-order valence-electron chi connectivity index (χ2n) is 5.21. The Morgan fingerprint density at radius 1 is 1.33 bits per heavy atom. The van der Waals surface area contributed by atoms with Crippen LogP contribution >= 0.6 is 0 Å². The van der Waals surface area contributed by atoms with E-state index < -0.39 is 0 Å². The van der Waals surface area contributed by atoms with Crippen molar-refractivity contribution < 1.29 is 9.84 Å². The Balaban J connectivity index is 1.91. The van der Waals surface area contributed by atoms with Gasteiger partial charge in [0, 0.05) is 12.7 Å². The SMILES string of the molecule is Cc1cc(CNCCC(C)O)ccc1Oc1cccnc1. The van der Waals surface area contributed by atoms with Crippen molar-refractivity contribution in [3.8, 4) is 11.5 Å². The van der Waals surface area contributed by atoms with Crippen LogP contribution in [-0.2, 0) is 6.54 Å². The van der Waals surface area contributed by atoms with E-state index in [1.54, 1.807) is 19.3 Å². The first-order valence-electron chi connectivity index (χ1n) is 7.21. The van der Waals surface area contributed by atoms with Crippen molar-refractivity contribution in [2.24, 2.45) is 0 Å². The van der Waals surface area contributed by atoms with Gasteiger partial charge in [0.25, 0.3) is 0 Å². The lowest BCUT2D eigenvalue weighted by Crippen LogP contribution is -2.18. The van der Waals surface area contributed by atoms with Gasteiger partial charge in [-0.1, -0.05) is 12.1 Å². The molecule has 1 unspecified atom stereocenters. The first kappa shape index (κ1) is 15.5. The van der Waals surface area contributed by atoms with E-state index in [1.165, 1.54) is 5.56 Å². The van der Waals surface area contributed by atoms with Crippen LogP contribution in [0.3, 0.4) is 0 Å². The molecule has 0 aliphatic carbocycles. The highest BCUT2D eigenvalue weighted by Crippen LogP contribution is 2.25. The van der Waals surface area contributed by atoms with Crippen LogP contribution in [0.2, 0.25) is 0 Å². The highest BCUT2D eigenvalue weighted by atomic mass is 16.5. The molecule has 0 fully saturated rings. The van der Waals surface area contributed by atoms with Crippen LogP contribution in [0.25, 0.3) is 0 Å². The van der Waals surface area contributed by atoms with Crippen LogP contribution in [0.15, 0.2) is 42.7 Å². The van der Waals surface area contributed by atoms with Crippen LogP contribution in [0.5, 0.6) is 11.5 Å². The lowest BCUT2D eigenvalue weighted by atomic mass is 10.1. The highest BCUT2D eigenvalue weighted by Gasteiger charge is 2.03. The van der Waals surface area contributed by atoms with Gasteiger partial charge in [0.1, 0.15) is 11.5 Å². The molecule has 2 aromatic rings. The van der Waals surface area contributed by atoms with Gasteiger partial charge in [0.2, 0.25) is 0 Å². The number of aliphatic hydroxyl groups is 1. The minimum absolute atomic E-state index is 0.255. The molecular weight excluding hydrogens is 264 g/mol. The van der Waals surface area contributed by atoms with Crippen molar-refractivity contribution in [2.45, 2.75) is 32.9 Å². The smallest absolute Gasteiger partial charge is 0.145 e. The molecule has 2 rings (SSSR count). The third-order valence-corrected chi connectivity index (χ3v) is 3.17. The number of ether oxygens (including phenoxy) is 1. The van der Waals surface area contributed by atoms with Gasteiger partial charge < -0.3 is 15.2 Å². The molecule has 4 heteroatoms. The van der Waals surface area contributed by atoms with Crippen LogP contribution in [0.1, 0.15) is 24.5 Å². The van der Waals surface area contributed by atoms with Crippen LogP contribution in [-0.4, -0.2) is 22.7 Å². The molecule has 0 saturated heterocycles. The quantitative estimate of drug-likeness (QED) is 0.768. The zero-order chi connectivity index (χ0) is 15.1. The number of hydrogen-bond acceptors (Lipinski definition) is 4. The maximum atomic E-state index is 9.21. The Morgan fingerprint density at radius 3 is 2.86 bits per heavy atom. The van der Waals surface area contributed by atoms with Crippen LogP contribution in [0.4, 0.5) is 0 Å². The van der Waals surface area contributed by atoms with E-state index in [1.807, 2.05) is 31.2 Å². The summed E-state index contributed by atoms with van der Waals surface area (Å²) in [5.41, 5.74) is 2.30. The molecule has 0 amide bonds. The zero-order valence-corrected chi connectivity index (χ0v) is 12.5. The fraction of sp³-hybridized carbons (Fsp3) is 0.353. The summed E-state index contributed by atoms with van der Waals surface area (Å²) in [7, 11) is 0. The van der Waals surface area contributed by atoms with Gasteiger partial charge in [0.05, 0.1) is 12.3 Å². The monoisotopic (exact) mass is 286 g/mol. The number of pyridine rings is 1. The predicted molar refractivity (Wildman–Crippen MR) is 83.5 cm³/mol. The van der Waals surface area contributed by atoms with E-state index >= 15 is 0 Å². The van der Waals surface area contributed by atoms with Gasteiger partial charge >= 0.3 is 0 Å². The van der Waals surface area contributed by atoms with E-state index in [9.17, 15) is 5.11 Å².